The lowest BCUT2D eigenvalue weighted by Gasteiger charge is -2.17. The van der Waals surface area contributed by atoms with E-state index in [0.29, 0.717) is 25.1 Å². The zero-order chi connectivity index (χ0) is 15.8. The SMILES string of the molecule is CC(=O)NCCCNC(C(=O)O)c1ccc(N(C)C)cc1. The van der Waals surface area contributed by atoms with Crippen LogP contribution in [0.4, 0.5) is 5.69 Å². The highest BCUT2D eigenvalue weighted by atomic mass is 16.4. The third kappa shape index (κ3) is 5.83. The largest absolute Gasteiger partial charge is 0.480 e. The number of aliphatic carboxylic acids is 1. The van der Waals surface area contributed by atoms with Crippen molar-refractivity contribution < 1.29 is 14.7 Å². The van der Waals surface area contributed by atoms with Crippen LogP contribution >= 0.6 is 0 Å². The number of carboxylic acids is 1. The molecule has 0 fully saturated rings. The van der Waals surface area contributed by atoms with Crippen LogP contribution in [0.3, 0.4) is 0 Å². The second kappa shape index (κ2) is 8.26. The summed E-state index contributed by atoms with van der Waals surface area (Å²) < 4.78 is 0. The lowest BCUT2D eigenvalue weighted by Crippen LogP contribution is -2.31. The average Bonchev–Trinajstić information content (AvgIpc) is 2.42. The van der Waals surface area contributed by atoms with Gasteiger partial charge in [-0.3, -0.25) is 9.59 Å². The van der Waals surface area contributed by atoms with Gasteiger partial charge in [-0.1, -0.05) is 12.1 Å². The summed E-state index contributed by atoms with van der Waals surface area (Å²) in [5, 5.41) is 15.0. The third-order valence-corrected chi connectivity index (χ3v) is 3.07. The minimum atomic E-state index is -0.910. The average molecular weight is 293 g/mol. The monoisotopic (exact) mass is 293 g/mol. The molecule has 6 nitrogen and oxygen atoms in total. The predicted octanol–water partition coefficient (Wildman–Crippen LogP) is 0.994. The van der Waals surface area contributed by atoms with Crippen LogP contribution in [0.5, 0.6) is 0 Å². The van der Waals surface area contributed by atoms with Gasteiger partial charge in [-0.2, -0.15) is 0 Å². The molecule has 0 aromatic heterocycles. The molecular formula is C15H23N3O3. The van der Waals surface area contributed by atoms with Gasteiger partial charge in [0.2, 0.25) is 5.91 Å². The first-order valence-electron chi connectivity index (χ1n) is 6.89. The second-order valence-corrected chi connectivity index (χ2v) is 5.05. The molecule has 21 heavy (non-hydrogen) atoms. The predicted molar refractivity (Wildman–Crippen MR) is 82.4 cm³/mol. The van der Waals surface area contributed by atoms with Gasteiger partial charge in [0.25, 0.3) is 0 Å². The Kier molecular flexibility index (Phi) is 6.68. The van der Waals surface area contributed by atoms with Crippen LogP contribution in [-0.4, -0.2) is 44.2 Å². The number of nitrogens with one attached hydrogen (secondary N) is 2. The van der Waals surface area contributed by atoms with Gasteiger partial charge < -0.3 is 20.6 Å². The van der Waals surface area contributed by atoms with Crippen molar-refractivity contribution in [2.24, 2.45) is 0 Å². The molecule has 1 rings (SSSR count). The topological polar surface area (TPSA) is 81.7 Å². The lowest BCUT2D eigenvalue weighted by atomic mass is 10.1. The summed E-state index contributed by atoms with van der Waals surface area (Å²) in [5.41, 5.74) is 1.74. The zero-order valence-electron chi connectivity index (χ0n) is 12.7. The molecule has 116 valence electrons. The van der Waals surface area contributed by atoms with Gasteiger partial charge in [-0.15, -0.1) is 0 Å². The maximum Gasteiger partial charge on any atom is 0.325 e. The Hall–Kier alpha value is -2.08. The first kappa shape index (κ1) is 17.0. The highest BCUT2D eigenvalue weighted by molar-refractivity contribution is 5.75. The van der Waals surface area contributed by atoms with Crippen LogP contribution < -0.4 is 15.5 Å². The van der Waals surface area contributed by atoms with E-state index in [2.05, 4.69) is 10.6 Å². The maximum absolute atomic E-state index is 11.3. The molecule has 6 heteroatoms. The Bertz CT molecular complexity index is 472. The number of benzene rings is 1. The van der Waals surface area contributed by atoms with Crippen LogP contribution in [0.1, 0.15) is 24.9 Å². The van der Waals surface area contributed by atoms with Gasteiger partial charge in [-0.05, 0) is 30.7 Å². The second-order valence-electron chi connectivity index (χ2n) is 5.05. The van der Waals surface area contributed by atoms with E-state index in [4.69, 9.17) is 0 Å². The Balaban J connectivity index is 2.56. The molecule has 0 aliphatic heterocycles. The number of hydrogen-bond acceptors (Lipinski definition) is 4. The van der Waals surface area contributed by atoms with Crippen molar-refractivity contribution in [3.05, 3.63) is 29.8 Å². The summed E-state index contributed by atoms with van der Waals surface area (Å²) in [6.07, 6.45) is 0.680. The van der Waals surface area contributed by atoms with Crippen LogP contribution in [0, 0.1) is 0 Å². The molecule has 1 aromatic rings. The van der Waals surface area contributed by atoms with E-state index in [-0.39, 0.29) is 5.91 Å². The molecule has 0 bridgehead atoms. The Morgan fingerprint density at radius 3 is 2.29 bits per heavy atom. The van der Waals surface area contributed by atoms with Gasteiger partial charge in [0.1, 0.15) is 6.04 Å². The molecule has 0 heterocycles. The Morgan fingerprint density at radius 2 is 1.81 bits per heavy atom. The molecular weight excluding hydrogens is 270 g/mol. The summed E-state index contributed by atoms with van der Waals surface area (Å²) in [5.74, 6) is -0.990. The molecule has 0 aliphatic rings. The van der Waals surface area contributed by atoms with Gasteiger partial charge in [0.15, 0.2) is 0 Å². The van der Waals surface area contributed by atoms with Gasteiger partial charge in [0.05, 0.1) is 0 Å². The highest BCUT2D eigenvalue weighted by Crippen LogP contribution is 2.18. The quantitative estimate of drug-likeness (QED) is 0.623. The summed E-state index contributed by atoms with van der Waals surface area (Å²) in [6, 6.07) is 6.68. The molecule has 0 saturated heterocycles. The first-order valence-corrected chi connectivity index (χ1v) is 6.89. The Labute approximate surface area is 125 Å². The number of carboxylic acid groups (broad SMARTS) is 1. The smallest absolute Gasteiger partial charge is 0.325 e. The third-order valence-electron chi connectivity index (χ3n) is 3.07. The van der Waals surface area contributed by atoms with Crippen LogP contribution in [0.2, 0.25) is 0 Å². The molecule has 1 amide bonds. The number of carbonyl (C=O) groups excluding carboxylic acids is 1. The van der Waals surface area contributed by atoms with Crippen molar-refractivity contribution in [3.63, 3.8) is 0 Å². The number of hydrogen-bond donors (Lipinski definition) is 3. The number of nitrogens with zero attached hydrogens (tertiary/aromatic N) is 1. The summed E-state index contributed by atoms with van der Waals surface area (Å²) >= 11 is 0. The van der Waals surface area contributed by atoms with Gasteiger partial charge in [0, 0.05) is 33.3 Å². The van der Waals surface area contributed by atoms with E-state index in [0.717, 1.165) is 5.69 Å². The maximum atomic E-state index is 11.3. The van der Waals surface area contributed by atoms with E-state index in [9.17, 15) is 14.7 Å². The van der Waals surface area contributed by atoms with Crippen molar-refractivity contribution in [2.75, 3.05) is 32.1 Å². The molecule has 3 N–H and O–H groups in total. The number of rotatable bonds is 8. The van der Waals surface area contributed by atoms with E-state index in [1.54, 1.807) is 0 Å². The fourth-order valence-corrected chi connectivity index (χ4v) is 1.91. The van der Waals surface area contributed by atoms with Crippen LogP contribution in [0.25, 0.3) is 0 Å². The molecule has 1 atom stereocenters. The molecule has 0 radical (unpaired) electrons. The first-order chi connectivity index (χ1) is 9.91. The van der Waals surface area contributed by atoms with E-state index >= 15 is 0 Å². The van der Waals surface area contributed by atoms with Crippen molar-refractivity contribution in [1.82, 2.24) is 10.6 Å². The zero-order valence-corrected chi connectivity index (χ0v) is 12.7. The number of amides is 1. The normalized spacial score (nSPS) is 11.8. The van der Waals surface area contributed by atoms with E-state index in [1.165, 1.54) is 6.92 Å². The highest BCUT2D eigenvalue weighted by Gasteiger charge is 2.18. The minimum absolute atomic E-state index is 0.0796. The number of carbonyl (C=O) groups is 2. The van der Waals surface area contributed by atoms with Crippen molar-refractivity contribution >= 4 is 17.6 Å². The molecule has 1 aromatic carbocycles. The summed E-state index contributed by atoms with van der Waals surface area (Å²) in [7, 11) is 3.87. The van der Waals surface area contributed by atoms with E-state index in [1.807, 2.05) is 43.3 Å². The van der Waals surface area contributed by atoms with Crippen molar-refractivity contribution in [1.29, 1.82) is 0 Å². The fourth-order valence-electron chi connectivity index (χ4n) is 1.91. The summed E-state index contributed by atoms with van der Waals surface area (Å²) in [6.45, 7) is 2.51. The molecule has 0 saturated carbocycles. The van der Waals surface area contributed by atoms with Crippen LogP contribution in [0.15, 0.2) is 24.3 Å². The molecule has 0 spiro atoms. The minimum Gasteiger partial charge on any atom is -0.480 e. The number of anilines is 1. The Morgan fingerprint density at radius 1 is 1.19 bits per heavy atom. The summed E-state index contributed by atoms with van der Waals surface area (Å²) in [4.78, 5) is 24.0. The van der Waals surface area contributed by atoms with Gasteiger partial charge >= 0.3 is 5.97 Å². The fraction of sp³-hybridized carbons (Fsp3) is 0.467. The van der Waals surface area contributed by atoms with E-state index < -0.39 is 12.0 Å². The lowest BCUT2D eigenvalue weighted by molar-refractivity contribution is -0.139. The molecule has 0 aliphatic carbocycles. The van der Waals surface area contributed by atoms with Crippen molar-refractivity contribution in [2.45, 2.75) is 19.4 Å². The van der Waals surface area contributed by atoms with Crippen LogP contribution in [-0.2, 0) is 9.59 Å². The van der Waals surface area contributed by atoms with Crippen molar-refractivity contribution in [3.8, 4) is 0 Å². The van der Waals surface area contributed by atoms with Gasteiger partial charge in [-0.25, -0.2) is 0 Å². The molecule has 1 unspecified atom stereocenters. The standard InChI is InChI=1S/C15H23N3O3/c1-11(19)16-9-4-10-17-14(15(20)21)12-5-7-13(8-6-12)18(2)3/h5-8,14,17H,4,9-10H2,1-3H3,(H,16,19)(H,20,21).